The number of hydrogen-bond acceptors (Lipinski definition) is 7. The molecule has 0 unspecified atom stereocenters. The predicted molar refractivity (Wildman–Crippen MR) is 92.9 cm³/mol. The number of esters is 1. The number of nitrogens with two attached hydrogens (primary N) is 1. The van der Waals surface area contributed by atoms with Crippen molar-refractivity contribution in [3.05, 3.63) is 53.6 Å². The van der Waals surface area contributed by atoms with Crippen molar-refractivity contribution in [2.45, 2.75) is 12.5 Å². The molecule has 0 aromatic heterocycles. The number of hydrogen-bond donors (Lipinski definition) is 5. The summed E-state index contributed by atoms with van der Waals surface area (Å²) in [7, 11) is 0. The van der Waals surface area contributed by atoms with Gasteiger partial charge in [0.2, 0.25) is 0 Å². The normalized spacial score (nSPS) is 11.6. The molecule has 0 aliphatic heterocycles. The van der Waals surface area contributed by atoms with Crippen LogP contribution < -0.4 is 11.1 Å². The van der Waals surface area contributed by atoms with E-state index in [-0.39, 0.29) is 42.4 Å². The highest BCUT2D eigenvalue weighted by Crippen LogP contribution is 2.25. The second kappa shape index (κ2) is 8.72. The number of phenolic OH excluding ortho intramolecular Hbond substituents is 3. The van der Waals surface area contributed by atoms with E-state index in [0.29, 0.717) is 5.56 Å². The lowest BCUT2D eigenvalue weighted by Crippen LogP contribution is -2.36. The smallest absolute Gasteiger partial charge is 0.323 e. The number of nitrogens with one attached hydrogen (secondary N) is 1. The lowest BCUT2D eigenvalue weighted by atomic mass is 10.1. The first-order valence-corrected chi connectivity index (χ1v) is 7.87. The van der Waals surface area contributed by atoms with Crippen LogP contribution in [0.15, 0.2) is 42.5 Å². The fourth-order valence-corrected chi connectivity index (χ4v) is 2.22. The van der Waals surface area contributed by atoms with Gasteiger partial charge < -0.3 is 31.1 Å². The van der Waals surface area contributed by atoms with E-state index in [0.717, 1.165) is 0 Å². The van der Waals surface area contributed by atoms with E-state index in [1.807, 2.05) is 0 Å². The number of phenols is 3. The summed E-state index contributed by atoms with van der Waals surface area (Å²) < 4.78 is 4.99. The van der Waals surface area contributed by atoms with Gasteiger partial charge in [-0.2, -0.15) is 0 Å². The summed E-state index contributed by atoms with van der Waals surface area (Å²) in [5, 5.41) is 30.8. The van der Waals surface area contributed by atoms with E-state index < -0.39 is 17.9 Å². The van der Waals surface area contributed by atoms with Crippen molar-refractivity contribution >= 4 is 11.9 Å². The van der Waals surface area contributed by atoms with Gasteiger partial charge in [-0.05, 0) is 36.2 Å². The largest absolute Gasteiger partial charge is 0.507 e. The van der Waals surface area contributed by atoms with Crippen molar-refractivity contribution in [1.82, 2.24) is 5.32 Å². The number of carbonyl (C=O) groups is 2. The molecule has 2 aromatic carbocycles. The molecular weight excluding hydrogens is 340 g/mol. The van der Waals surface area contributed by atoms with Crippen LogP contribution in [0.2, 0.25) is 0 Å². The Morgan fingerprint density at radius 2 is 1.77 bits per heavy atom. The summed E-state index contributed by atoms with van der Waals surface area (Å²) in [5.41, 5.74) is 6.45. The topological polar surface area (TPSA) is 142 Å². The Morgan fingerprint density at radius 3 is 2.46 bits per heavy atom. The van der Waals surface area contributed by atoms with Crippen LogP contribution in [0.5, 0.6) is 17.2 Å². The summed E-state index contributed by atoms with van der Waals surface area (Å²) in [4.78, 5) is 23.7. The average molecular weight is 360 g/mol. The molecule has 0 spiro atoms. The number of amides is 1. The van der Waals surface area contributed by atoms with Gasteiger partial charge in [-0.1, -0.05) is 18.2 Å². The lowest BCUT2D eigenvalue weighted by molar-refractivity contribution is -0.145. The molecule has 138 valence electrons. The van der Waals surface area contributed by atoms with Crippen LogP contribution >= 0.6 is 0 Å². The van der Waals surface area contributed by atoms with Crippen LogP contribution in [-0.2, 0) is 16.0 Å². The van der Waals surface area contributed by atoms with Crippen LogP contribution in [0.3, 0.4) is 0 Å². The minimum Gasteiger partial charge on any atom is -0.507 e. The number of para-hydroxylation sites is 1. The minimum absolute atomic E-state index is 0.0611. The van der Waals surface area contributed by atoms with Crippen LogP contribution in [0.4, 0.5) is 0 Å². The molecule has 0 radical (unpaired) electrons. The third kappa shape index (κ3) is 5.12. The Kier molecular flexibility index (Phi) is 6.40. The Labute approximate surface area is 149 Å². The maximum atomic E-state index is 11.9. The minimum atomic E-state index is -0.951. The quantitative estimate of drug-likeness (QED) is 0.277. The molecule has 8 nitrogen and oxygen atoms in total. The van der Waals surface area contributed by atoms with E-state index in [4.69, 9.17) is 10.5 Å². The Hall–Kier alpha value is -3.26. The van der Waals surface area contributed by atoms with Crippen molar-refractivity contribution in [2.75, 3.05) is 13.2 Å². The SMILES string of the molecule is N[C@@H](Cc1ccc(O)c(O)c1)C(=O)OCCNC(=O)c1ccccc1O. The first kappa shape index (κ1) is 19.1. The number of rotatable bonds is 7. The monoisotopic (exact) mass is 360 g/mol. The van der Waals surface area contributed by atoms with Crippen LogP contribution in [0.1, 0.15) is 15.9 Å². The standard InChI is InChI=1S/C18H20N2O6/c19-13(9-11-5-6-15(22)16(23)10-11)18(25)26-8-7-20-17(24)12-3-1-2-4-14(12)21/h1-6,10,13,21-23H,7-9,19H2,(H,20,24)/t13-/m0/s1. The number of benzene rings is 2. The summed E-state index contributed by atoms with van der Waals surface area (Å²) in [6.45, 7) is -0.0156. The Morgan fingerprint density at radius 1 is 1.04 bits per heavy atom. The molecule has 1 atom stereocenters. The lowest BCUT2D eigenvalue weighted by Gasteiger charge is -2.12. The zero-order valence-electron chi connectivity index (χ0n) is 13.9. The second-order valence-electron chi connectivity index (χ2n) is 5.57. The molecule has 8 heteroatoms. The zero-order chi connectivity index (χ0) is 19.1. The summed E-state index contributed by atoms with van der Waals surface area (Å²) in [5.74, 6) is -1.83. The van der Waals surface area contributed by atoms with E-state index in [2.05, 4.69) is 5.32 Å². The Balaban J connectivity index is 1.75. The number of ether oxygens (including phenoxy) is 1. The van der Waals surface area contributed by atoms with Crippen LogP contribution in [0, 0.1) is 0 Å². The van der Waals surface area contributed by atoms with Gasteiger partial charge in [-0.3, -0.25) is 9.59 Å². The van der Waals surface area contributed by atoms with Gasteiger partial charge in [0.05, 0.1) is 12.1 Å². The van der Waals surface area contributed by atoms with Gasteiger partial charge in [-0.25, -0.2) is 0 Å². The van der Waals surface area contributed by atoms with Gasteiger partial charge in [0, 0.05) is 0 Å². The number of carbonyl (C=O) groups excluding carboxylic acids is 2. The molecule has 0 fully saturated rings. The van der Waals surface area contributed by atoms with Crippen molar-refractivity contribution in [3.8, 4) is 17.2 Å². The molecule has 6 N–H and O–H groups in total. The molecule has 0 heterocycles. The third-order valence-electron chi connectivity index (χ3n) is 3.58. The molecule has 0 saturated heterocycles. The fourth-order valence-electron chi connectivity index (χ4n) is 2.22. The Bertz CT molecular complexity index is 793. The average Bonchev–Trinajstić information content (AvgIpc) is 2.61. The molecule has 1 amide bonds. The van der Waals surface area contributed by atoms with Crippen LogP contribution in [-0.4, -0.2) is 46.4 Å². The van der Waals surface area contributed by atoms with E-state index in [1.54, 1.807) is 12.1 Å². The fraction of sp³-hybridized carbons (Fsp3) is 0.222. The van der Waals surface area contributed by atoms with Crippen molar-refractivity contribution in [2.24, 2.45) is 5.73 Å². The highest BCUT2D eigenvalue weighted by atomic mass is 16.5. The molecule has 2 aromatic rings. The first-order chi connectivity index (χ1) is 12.4. The van der Waals surface area contributed by atoms with E-state index >= 15 is 0 Å². The molecule has 26 heavy (non-hydrogen) atoms. The van der Waals surface area contributed by atoms with Crippen LogP contribution in [0.25, 0.3) is 0 Å². The predicted octanol–water partition coefficient (Wildman–Crippen LogP) is 0.646. The zero-order valence-corrected chi connectivity index (χ0v) is 13.9. The highest BCUT2D eigenvalue weighted by molar-refractivity contribution is 5.96. The van der Waals surface area contributed by atoms with Crippen molar-refractivity contribution in [1.29, 1.82) is 0 Å². The highest BCUT2D eigenvalue weighted by Gasteiger charge is 2.17. The van der Waals surface area contributed by atoms with E-state index in [9.17, 15) is 24.9 Å². The second-order valence-corrected chi connectivity index (χ2v) is 5.57. The molecule has 0 aliphatic rings. The first-order valence-electron chi connectivity index (χ1n) is 7.87. The van der Waals surface area contributed by atoms with Crippen molar-refractivity contribution in [3.63, 3.8) is 0 Å². The molecule has 0 saturated carbocycles. The van der Waals surface area contributed by atoms with Gasteiger partial charge >= 0.3 is 5.97 Å². The molecule has 0 bridgehead atoms. The third-order valence-corrected chi connectivity index (χ3v) is 3.58. The van der Waals surface area contributed by atoms with Gasteiger partial charge in [0.25, 0.3) is 5.91 Å². The van der Waals surface area contributed by atoms with Gasteiger partial charge in [0.15, 0.2) is 11.5 Å². The maximum absolute atomic E-state index is 11.9. The van der Waals surface area contributed by atoms with Gasteiger partial charge in [-0.15, -0.1) is 0 Å². The summed E-state index contributed by atoms with van der Waals surface area (Å²) >= 11 is 0. The summed E-state index contributed by atoms with van der Waals surface area (Å²) in [6.07, 6.45) is 0.122. The molecule has 0 aliphatic carbocycles. The maximum Gasteiger partial charge on any atom is 0.323 e. The van der Waals surface area contributed by atoms with Gasteiger partial charge in [0.1, 0.15) is 18.4 Å². The summed E-state index contributed by atoms with van der Waals surface area (Å²) in [6, 6.07) is 9.29. The van der Waals surface area contributed by atoms with E-state index in [1.165, 1.54) is 30.3 Å². The molecular formula is C18H20N2O6. The molecule has 2 rings (SSSR count). The van der Waals surface area contributed by atoms with Crippen molar-refractivity contribution < 1.29 is 29.6 Å². The number of aromatic hydroxyl groups is 3.